The highest BCUT2D eigenvalue weighted by molar-refractivity contribution is 5.82. The first-order valence-corrected chi connectivity index (χ1v) is 4.08. The van der Waals surface area contributed by atoms with Crippen molar-refractivity contribution in [3.05, 3.63) is 12.7 Å². The van der Waals surface area contributed by atoms with Gasteiger partial charge in [-0.05, 0) is 12.8 Å². The zero-order valence-electron chi connectivity index (χ0n) is 7.39. The monoisotopic (exact) mass is 154 g/mol. The van der Waals surface area contributed by atoms with Crippen LogP contribution < -0.4 is 0 Å². The molecule has 2 heteroatoms. The lowest BCUT2D eigenvalue weighted by Crippen LogP contribution is -2.30. The van der Waals surface area contributed by atoms with E-state index in [1.807, 2.05) is 0 Å². The first-order chi connectivity index (χ1) is 5.26. The summed E-state index contributed by atoms with van der Waals surface area (Å²) in [6.07, 6.45) is 4.36. The zero-order chi connectivity index (χ0) is 8.69. The normalized spacial score (nSPS) is 9.27. The minimum absolute atomic E-state index is 0.0753. The van der Waals surface area contributed by atoms with E-state index in [1.165, 1.54) is 0 Å². The first-order valence-electron chi connectivity index (χ1n) is 4.08. The highest BCUT2D eigenvalue weighted by Gasteiger charge is 2.06. The van der Waals surface area contributed by atoms with E-state index in [9.17, 15) is 4.79 Å². The molecule has 0 saturated carbocycles. The largest absolute Gasteiger partial charge is 0.339 e. The summed E-state index contributed by atoms with van der Waals surface area (Å²) in [6, 6.07) is 0. The van der Waals surface area contributed by atoms with Crippen LogP contribution in [0.25, 0.3) is 0 Å². The summed E-state index contributed by atoms with van der Waals surface area (Å²) >= 11 is 0. The van der Waals surface area contributed by atoms with Crippen molar-refractivity contribution in [2.75, 3.05) is 13.1 Å². The molecule has 0 rings (SSSR count). The molecule has 0 bridgehead atoms. The number of nitrogens with zero attached hydrogens (tertiary/aromatic N) is 1. The molecule has 0 aliphatic carbocycles. The van der Waals surface area contributed by atoms with Gasteiger partial charge in [0.1, 0.15) is 0 Å². The average Bonchev–Trinajstić information content (AvgIpc) is 2.03. The second-order valence-electron chi connectivity index (χ2n) is 2.47. The zero-order valence-corrected chi connectivity index (χ0v) is 7.39. The predicted molar refractivity (Wildman–Crippen MR) is 46.0 cm³/mol. The summed E-state index contributed by atoms with van der Waals surface area (Å²) in [4.78, 5) is 12.8. The molecular weight excluding hydrogens is 138 g/mol. The van der Waals surface area contributed by atoms with Gasteiger partial charge in [0.25, 0.3) is 5.91 Å². The van der Waals surface area contributed by atoms with Crippen molar-refractivity contribution in [3.63, 3.8) is 0 Å². The summed E-state index contributed by atoms with van der Waals surface area (Å²) in [5.74, 6) is -0.0753. The van der Waals surface area contributed by atoms with Crippen LogP contribution in [0.1, 0.15) is 26.7 Å². The Bertz CT molecular complexity index is 126. The van der Waals surface area contributed by atoms with E-state index >= 15 is 0 Å². The second kappa shape index (κ2) is 5.96. The minimum atomic E-state index is -0.0753. The number of carbonyl (C=O) groups is 1. The Labute approximate surface area is 68.9 Å². The van der Waals surface area contributed by atoms with Gasteiger partial charge in [0, 0.05) is 19.2 Å². The smallest absolute Gasteiger partial charge is 0.254 e. The lowest BCUT2D eigenvalue weighted by atomic mass is 10.3. The fraction of sp³-hybridized carbons (Fsp3) is 0.667. The van der Waals surface area contributed by atoms with E-state index in [2.05, 4.69) is 26.5 Å². The first kappa shape index (κ1) is 10.2. The van der Waals surface area contributed by atoms with Gasteiger partial charge >= 0.3 is 0 Å². The molecule has 0 aliphatic rings. The van der Waals surface area contributed by atoms with Gasteiger partial charge in [-0.15, -0.1) is 0 Å². The summed E-state index contributed by atoms with van der Waals surface area (Å²) < 4.78 is 0. The van der Waals surface area contributed by atoms with Gasteiger partial charge in [-0.3, -0.25) is 4.79 Å². The second-order valence-corrected chi connectivity index (χ2v) is 2.47. The van der Waals surface area contributed by atoms with Crippen molar-refractivity contribution in [1.82, 2.24) is 4.90 Å². The molecule has 1 amide bonds. The molecule has 0 aliphatic heterocycles. The number of hydrogen-bond donors (Lipinski definition) is 0. The van der Waals surface area contributed by atoms with E-state index < -0.39 is 0 Å². The molecule has 0 fully saturated rings. The van der Waals surface area contributed by atoms with Crippen molar-refractivity contribution < 1.29 is 4.79 Å². The topological polar surface area (TPSA) is 20.3 Å². The minimum Gasteiger partial charge on any atom is -0.339 e. The Kier molecular flexibility index (Phi) is 5.53. The summed E-state index contributed by atoms with van der Waals surface area (Å²) in [6.45, 7) is 9.07. The van der Waals surface area contributed by atoms with Crippen LogP contribution in [0.4, 0.5) is 0 Å². The highest BCUT2D eigenvalue weighted by Crippen LogP contribution is 1.94. The van der Waals surface area contributed by atoms with E-state index in [0.29, 0.717) is 0 Å². The molecule has 0 atom stereocenters. The Morgan fingerprint density at radius 2 is 1.82 bits per heavy atom. The van der Waals surface area contributed by atoms with Gasteiger partial charge in [-0.2, -0.15) is 0 Å². The van der Waals surface area contributed by atoms with Crippen LogP contribution in [0.2, 0.25) is 0 Å². The van der Waals surface area contributed by atoms with Crippen LogP contribution >= 0.6 is 0 Å². The van der Waals surface area contributed by atoms with Crippen LogP contribution in [0.5, 0.6) is 0 Å². The van der Waals surface area contributed by atoms with Crippen molar-refractivity contribution >= 4 is 5.91 Å². The molecular formula is C9H16NO. The molecule has 11 heavy (non-hydrogen) atoms. The fourth-order valence-corrected chi connectivity index (χ4v) is 0.967. The van der Waals surface area contributed by atoms with E-state index in [1.54, 1.807) is 4.90 Å². The maximum Gasteiger partial charge on any atom is 0.254 e. The standard InChI is InChI=1S/C9H16NO/c1-4-7-10(8-5-2)9(11)6-3/h3-5,7-8H2,1-2H3. The molecule has 0 aromatic carbocycles. The number of amides is 1. The highest BCUT2D eigenvalue weighted by atomic mass is 16.2. The van der Waals surface area contributed by atoms with E-state index in [0.717, 1.165) is 25.9 Å². The lowest BCUT2D eigenvalue weighted by molar-refractivity contribution is -0.126. The van der Waals surface area contributed by atoms with Crippen molar-refractivity contribution in [2.45, 2.75) is 26.7 Å². The molecule has 0 aromatic rings. The average molecular weight is 154 g/mol. The van der Waals surface area contributed by atoms with Crippen molar-refractivity contribution in [2.24, 2.45) is 0 Å². The predicted octanol–water partition coefficient (Wildman–Crippen LogP) is 1.62. The summed E-state index contributed by atoms with van der Waals surface area (Å²) in [7, 11) is 0. The van der Waals surface area contributed by atoms with Crippen LogP contribution in [0.15, 0.2) is 6.58 Å². The molecule has 0 heterocycles. The van der Waals surface area contributed by atoms with E-state index in [-0.39, 0.29) is 5.91 Å². The third-order valence-corrected chi connectivity index (χ3v) is 1.43. The van der Waals surface area contributed by atoms with Crippen molar-refractivity contribution in [3.8, 4) is 0 Å². The number of hydrogen-bond acceptors (Lipinski definition) is 1. The molecule has 0 saturated heterocycles. The van der Waals surface area contributed by atoms with Crippen molar-refractivity contribution in [1.29, 1.82) is 0 Å². The van der Waals surface area contributed by atoms with Gasteiger partial charge in [0.2, 0.25) is 0 Å². The molecule has 0 N–H and O–H groups in total. The van der Waals surface area contributed by atoms with Crippen LogP contribution in [-0.4, -0.2) is 23.9 Å². The van der Waals surface area contributed by atoms with Crippen LogP contribution in [0.3, 0.4) is 0 Å². The third-order valence-electron chi connectivity index (χ3n) is 1.43. The SMILES string of the molecule is C=[C]C(=O)N(CCC)CCC. The molecule has 1 radical (unpaired) electrons. The number of carbonyl (C=O) groups excluding carboxylic acids is 1. The molecule has 0 spiro atoms. The number of rotatable bonds is 5. The van der Waals surface area contributed by atoms with E-state index in [4.69, 9.17) is 0 Å². The maximum absolute atomic E-state index is 11.0. The van der Waals surface area contributed by atoms with Crippen LogP contribution in [0, 0.1) is 6.08 Å². The Hall–Kier alpha value is -0.790. The fourth-order valence-electron chi connectivity index (χ4n) is 0.967. The van der Waals surface area contributed by atoms with Crippen LogP contribution in [-0.2, 0) is 4.79 Å². The molecule has 63 valence electrons. The Morgan fingerprint density at radius 1 is 1.36 bits per heavy atom. The summed E-state index contributed by atoms with van der Waals surface area (Å²) in [5, 5.41) is 0. The van der Waals surface area contributed by atoms with Gasteiger partial charge in [-0.25, -0.2) is 0 Å². The summed E-state index contributed by atoms with van der Waals surface area (Å²) in [5.41, 5.74) is 0. The molecule has 0 aromatic heterocycles. The quantitative estimate of drug-likeness (QED) is 0.551. The third kappa shape index (κ3) is 3.81. The maximum atomic E-state index is 11.0. The van der Waals surface area contributed by atoms with Gasteiger partial charge in [0.15, 0.2) is 0 Å². The Morgan fingerprint density at radius 3 is 2.09 bits per heavy atom. The lowest BCUT2D eigenvalue weighted by Gasteiger charge is -2.18. The molecule has 2 nitrogen and oxygen atoms in total. The van der Waals surface area contributed by atoms with Gasteiger partial charge in [0.05, 0.1) is 0 Å². The molecule has 0 unspecified atom stereocenters. The van der Waals surface area contributed by atoms with Gasteiger partial charge < -0.3 is 4.90 Å². The van der Waals surface area contributed by atoms with Gasteiger partial charge in [-0.1, -0.05) is 20.4 Å². The Balaban J connectivity index is 3.86.